The van der Waals surface area contributed by atoms with Gasteiger partial charge < -0.3 is 26.2 Å². The normalized spacial score (nSPS) is 17.2. The van der Waals surface area contributed by atoms with Crippen LogP contribution in [0.3, 0.4) is 0 Å². The molecule has 2 saturated heterocycles. The molecule has 0 atom stereocenters. The molecule has 5 rings (SSSR count). The van der Waals surface area contributed by atoms with Gasteiger partial charge in [0.2, 0.25) is 0 Å². The second-order valence-corrected chi connectivity index (χ2v) is 9.42. The van der Waals surface area contributed by atoms with Gasteiger partial charge in [-0.2, -0.15) is 0 Å². The number of hydrogen-bond acceptors (Lipinski definition) is 7. The number of urea groups is 1. The average molecular weight is 466 g/mol. The van der Waals surface area contributed by atoms with Gasteiger partial charge in [-0.15, -0.1) is 11.3 Å². The number of likely N-dealkylation sites (N-methyl/N-ethyl adjacent to an activating group) is 1. The fourth-order valence-electron chi connectivity index (χ4n) is 4.62. The van der Waals surface area contributed by atoms with E-state index in [0.29, 0.717) is 10.6 Å². The van der Waals surface area contributed by atoms with Crippen LogP contribution in [0, 0.1) is 0 Å². The number of nitrogens with two attached hydrogens (primary N) is 2. The molecule has 33 heavy (non-hydrogen) atoms. The van der Waals surface area contributed by atoms with Crippen molar-refractivity contribution in [2.75, 3.05) is 66.7 Å². The number of thiophene rings is 1. The van der Waals surface area contributed by atoms with Gasteiger partial charge in [-0.25, -0.2) is 9.78 Å². The van der Waals surface area contributed by atoms with Crippen molar-refractivity contribution in [3.05, 3.63) is 41.4 Å². The number of benzene rings is 1. The third-order valence-corrected chi connectivity index (χ3v) is 7.54. The van der Waals surface area contributed by atoms with Crippen molar-refractivity contribution >= 4 is 56.2 Å². The Labute approximate surface area is 196 Å². The number of rotatable bonds is 4. The number of carbonyl (C=O) groups excluding carboxylic acids is 2. The predicted molar refractivity (Wildman–Crippen MR) is 133 cm³/mol. The summed E-state index contributed by atoms with van der Waals surface area (Å²) in [5, 5.41) is 0.814. The molecule has 0 radical (unpaired) electrons. The van der Waals surface area contributed by atoms with E-state index in [-0.39, 0.29) is 6.03 Å². The summed E-state index contributed by atoms with van der Waals surface area (Å²) in [7, 11) is 1.83. The van der Waals surface area contributed by atoms with E-state index in [9.17, 15) is 9.59 Å². The maximum atomic E-state index is 12.3. The van der Waals surface area contributed by atoms with Gasteiger partial charge in [0.1, 0.15) is 9.71 Å². The monoisotopic (exact) mass is 465 g/mol. The summed E-state index contributed by atoms with van der Waals surface area (Å²) in [5.74, 6) is -0.519. The number of hydrogen-bond donors (Lipinski definition) is 2. The van der Waals surface area contributed by atoms with Crippen LogP contribution in [0.5, 0.6) is 0 Å². The Morgan fingerprint density at radius 1 is 0.970 bits per heavy atom. The van der Waals surface area contributed by atoms with Gasteiger partial charge in [0.15, 0.2) is 0 Å². The van der Waals surface area contributed by atoms with Crippen LogP contribution >= 0.6 is 11.3 Å². The van der Waals surface area contributed by atoms with Crippen molar-refractivity contribution in [2.45, 2.75) is 6.42 Å². The first-order chi connectivity index (χ1) is 15.9. The zero-order chi connectivity index (χ0) is 23.1. The number of pyridine rings is 1. The highest BCUT2D eigenvalue weighted by Gasteiger charge is 2.27. The summed E-state index contributed by atoms with van der Waals surface area (Å²) in [5.41, 5.74) is 15.3. The van der Waals surface area contributed by atoms with Crippen molar-refractivity contribution in [2.24, 2.45) is 5.73 Å². The minimum atomic E-state index is -0.519. The van der Waals surface area contributed by atoms with Crippen molar-refractivity contribution in [1.82, 2.24) is 9.88 Å². The maximum Gasteiger partial charge on any atom is 0.324 e. The Hall–Kier alpha value is -3.53. The second kappa shape index (κ2) is 8.43. The van der Waals surface area contributed by atoms with E-state index in [1.54, 1.807) is 11.1 Å². The number of primary amides is 1. The molecule has 0 unspecified atom stereocenters. The molecule has 2 aliphatic rings. The van der Waals surface area contributed by atoms with Crippen LogP contribution in [-0.4, -0.2) is 68.1 Å². The summed E-state index contributed by atoms with van der Waals surface area (Å²) in [4.78, 5) is 37.7. The van der Waals surface area contributed by atoms with E-state index in [2.05, 4.69) is 26.9 Å². The van der Waals surface area contributed by atoms with E-state index in [0.717, 1.165) is 73.0 Å². The van der Waals surface area contributed by atoms with Crippen molar-refractivity contribution in [3.8, 4) is 0 Å². The van der Waals surface area contributed by atoms with E-state index < -0.39 is 5.91 Å². The minimum absolute atomic E-state index is 0.0454. The Bertz CT molecular complexity index is 1210. The number of aromatic nitrogens is 1. The SMILES string of the molecule is CN1CCN(c2ccc(N3CCCN(c4ccnc5sc(C(N)=O)c(N)c45)CC3)cc2)C1=O. The van der Waals surface area contributed by atoms with E-state index >= 15 is 0 Å². The lowest BCUT2D eigenvalue weighted by atomic mass is 10.2. The highest BCUT2D eigenvalue weighted by Crippen LogP contribution is 2.38. The number of nitrogens with zero attached hydrogens (tertiary/aromatic N) is 5. The van der Waals surface area contributed by atoms with Crippen LogP contribution < -0.4 is 26.2 Å². The third-order valence-electron chi connectivity index (χ3n) is 6.41. The number of fused-ring (bicyclic) bond motifs is 1. The second-order valence-electron chi connectivity index (χ2n) is 8.42. The third kappa shape index (κ3) is 3.80. The number of carbonyl (C=O) groups is 2. The lowest BCUT2D eigenvalue weighted by Crippen LogP contribution is -2.31. The highest BCUT2D eigenvalue weighted by atomic mass is 32.1. The van der Waals surface area contributed by atoms with Crippen molar-refractivity contribution < 1.29 is 9.59 Å². The first-order valence-corrected chi connectivity index (χ1v) is 11.8. The Morgan fingerprint density at radius 3 is 2.36 bits per heavy atom. The van der Waals surface area contributed by atoms with Crippen LogP contribution in [0.2, 0.25) is 0 Å². The molecule has 2 fully saturated rings. The highest BCUT2D eigenvalue weighted by molar-refractivity contribution is 7.21. The van der Waals surface area contributed by atoms with Gasteiger partial charge in [0.25, 0.3) is 5.91 Å². The van der Waals surface area contributed by atoms with Crippen molar-refractivity contribution in [3.63, 3.8) is 0 Å². The van der Waals surface area contributed by atoms with Crippen LogP contribution in [0.15, 0.2) is 36.5 Å². The van der Waals surface area contributed by atoms with Gasteiger partial charge in [0, 0.05) is 63.9 Å². The molecule has 0 spiro atoms. The minimum Gasteiger partial charge on any atom is -0.397 e. The maximum absolute atomic E-state index is 12.3. The van der Waals surface area contributed by atoms with Gasteiger partial charge >= 0.3 is 6.03 Å². The molecular weight excluding hydrogens is 438 g/mol. The lowest BCUT2D eigenvalue weighted by Gasteiger charge is -2.26. The lowest BCUT2D eigenvalue weighted by molar-refractivity contribution is 0.100. The molecule has 4 heterocycles. The first-order valence-electron chi connectivity index (χ1n) is 11.0. The van der Waals surface area contributed by atoms with Crippen molar-refractivity contribution in [1.29, 1.82) is 0 Å². The fraction of sp³-hybridized carbons (Fsp3) is 0.348. The summed E-state index contributed by atoms with van der Waals surface area (Å²) >= 11 is 1.25. The zero-order valence-electron chi connectivity index (χ0n) is 18.5. The smallest absolute Gasteiger partial charge is 0.324 e. The summed E-state index contributed by atoms with van der Waals surface area (Å²) in [6.07, 6.45) is 2.74. The van der Waals surface area contributed by atoms with Crippen LogP contribution in [0.4, 0.5) is 27.5 Å². The molecular formula is C23H27N7O2S. The quantitative estimate of drug-likeness (QED) is 0.613. The van der Waals surface area contributed by atoms with Gasteiger partial charge in [-0.05, 0) is 36.8 Å². The van der Waals surface area contributed by atoms with E-state index in [1.165, 1.54) is 11.3 Å². The molecule has 3 aromatic rings. The molecule has 0 aliphatic carbocycles. The van der Waals surface area contributed by atoms with E-state index in [1.807, 2.05) is 30.1 Å². The zero-order valence-corrected chi connectivity index (χ0v) is 19.3. The Kier molecular flexibility index (Phi) is 5.45. The molecule has 0 bridgehead atoms. The summed E-state index contributed by atoms with van der Waals surface area (Å²) in [6, 6.07) is 10.3. The molecule has 2 aliphatic heterocycles. The number of nitrogen functional groups attached to an aromatic ring is 1. The van der Waals surface area contributed by atoms with E-state index in [4.69, 9.17) is 11.5 Å². The molecule has 0 saturated carbocycles. The van der Waals surface area contributed by atoms with Gasteiger partial charge in [0.05, 0.1) is 16.8 Å². The van der Waals surface area contributed by atoms with Gasteiger partial charge in [-0.3, -0.25) is 9.69 Å². The largest absolute Gasteiger partial charge is 0.397 e. The topological polar surface area (TPSA) is 112 Å². The van der Waals surface area contributed by atoms with Crippen LogP contribution in [0.25, 0.3) is 10.2 Å². The van der Waals surface area contributed by atoms with Crippen LogP contribution in [0.1, 0.15) is 16.1 Å². The molecule has 172 valence electrons. The summed E-state index contributed by atoms with van der Waals surface area (Å²) in [6.45, 7) is 4.95. The molecule has 9 nitrogen and oxygen atoms in total. The Balaban J connectivity index is 1.34. The molecule has 3 amide bonds. The number of amides is 3. The van der Waals surface area contributed by atoms with Gasteiger partial charge in [-0.1, -0.05) is 0 Å². The molecule has 1 aromatic carbocycles. The molecule has 10 heteroatoms. The Morgan fingerprint density at radius 2 is 1.67 bits per heavy atom. The van der Waals surface area contributed by atoms with Crippen LogP contribution in [-0.2, 0) is 0 Å². The molecule has 4 N–H and O–H groups in total. The summed E-state index contributed by atoms with van der Waals surface area (Å²) < 4.78 is 0. The first kappa shape index (κ1) is 21.3. The fourth-order valence-corrected chi connectivity index (χ4v) is 5.56. The molecule has 2 aromatic heterocycles. The predicted octanol–water partition coefficient (Wildman–Crippen LogP) is 2.57. The average Bonchev–Trinajstić information content (AvgIpc) is 3.22. The number of anilines is 4. The standard InChI is InChI=1S/C23H27N7O2S/c1-27-11-14-30(23(27)32)16-5-3-15(4-6-16)28-9-2-10-29(13-12-28)17-7-8-26-22-18(17)19(24)20(33-22)21(25)31/h3-8H,2,9-14,24H2,1H3,(H2,25,31).